The summed E-state index contributed by atoms with van der Waals surface area (Å²) in [5.41, 5.74) is 0.569. The van der Waals surface area contributed by atoms with Gasteiger partial charge < -0.3 is 5.11 Å². The fourth-order valence-corrected chi connectivity index (χ4v) is 3.10. The van der Waals surface area contributed by atoms with E-state index in [0.717, 1.165) is 16.9 Å². The summed E-state index contributed by atoms with van der Waals surface area (Å²) in [5.74, 6) is -1.52. The van der Waals surface area contributed by atoms with Gasteiger partial charge in [0.1, 0.15) is 4.88 Å². The first-order valence-corrected chi connectivity index (χ1v) is 7.13. The van der Waals surface area contributed by atoms with Crippen LogP contribution < -0.4 is 0 Å². The van der Waals surface area contributed by atoms with Gasteiger partial charge in [-0.15, -0.1) is 11.3 Å². The van der Waals surface area contributed by atoms with E-state index in [9.17, 15) is 9.59 Å². The Morgan fingerprint density at radius 2 is 2.05 bits per heavy atom. The fourth-order valence-electron chi connectivity index (χ4n) is 1.65. The molecule has 0 bridgehead atoms. The normalized spacial score (nSPS) is 10.6. The highest BCUT2D eigenvalue weighted by Crippen LogP contribution is 2.26. The zero-order valence-electron chi connectivity index (χ0n) is 10.3. The maximum Gasteiger partial charge on any atom is 0.356 e. The average Bonchev–Trinajstić information content (AvgIpc) is 2.77. The van der Waals surface area contributed by atoms with Crippen molar-refractivity contribution < 1.29 is 14.7 Å². The first-order valence-electron chi connectivity index (χ1n) is 5.56. The topological polar surface area (TPSA) is 67.3 Å². The zero-order chi connectivity index (χ0) is 14.9. The van der Waals surface area contributed by atoms with Gasteiger partial charge in [-0.05, 0) is 17.7 Å². The third-order valence-electron chi connectivity index (χ3n) is 2.55. The number of halogens is 2. The van der Waals surface area contributed by atoms with Crippen LogP contribution in [0.25, 0.3) is 0 Å². The molecule has 1 aromatic heterocycles. The molecule has 0 spiro atoms. The van der Waals surface area contributed by atoms with Crippen LogP contribution in [0.5, 0.6) is 0 Å². The third-order valence-corrected chi connectivity index (χ3v) is 4.29. The molecular formula is C13H9Cl2NO3S. The second-order valence-corrected chi connectivity index (χ2v) is 5.99. The molecule has 0 radical (unpaired) electrons. The number of aromatic carboxylic acids is 1. The summed E-state index contributed by atoms with van der Waals surface area (Å²) in [6, 6.07) is 5.05. The number of carbonyl (C=O) groups excluding carboxylic acids is 1. The highest BCUT2D eigenvalue weighted by atomic mass is 35.5. The number of thiazole rings is 1. The Balaban J connectivity index is 2.37. The summed E-state index contributed by atoms with van der Waals surface area (Å²) in [5, 5.41) is 10.6. The number of carboxylic acid groups (broad SMARTS) is 1. The first-order chi connectivity index (χ1) is 9.38. The van der Waals surface area contributed by atoms with Crippen LogP contribution in [-0.4, -0.2) is 21.8 Å². The number of aromatic nitrogens is 1. The molecule has 0 aliphatic carbocycles. The highest BCUT2D eigenvalue weighted by molar-refractivity contribution is 7.14. The van der Waals surface area contributed by atoms with Gasteiger partial charge in [-0.2, -0.15) is 0 Å². The predicted molar refractivity (Wildman–Crippen MR) is 78.3 cm³/mol. The van der Waals surface area contributed by atoms with E-state index >= 15 is 0 Å². The molecule has 0 atom stereocenters. The standard InChI is InChI=1S/C13H9Cl2NO3S/c1-6(17)12-11(13(18)19)16-10(20-12)4-7-2-3-8(14)5-9(7)15/h2-3,5H,4H2,1H3,(H,18,19). The molecule has 0 saturated heterocycles. The Labute approximate surface area is 129 Å². The lowest BCUT2D eigenvalue weighted by Crippen LogP contribution is -2.03. The summed E-state index contributed by atoms with van der Waals surface area (Å²) < 4.78 is 0. The largest absolute Gasteiger partial charge is 0.476 e. The number of benzene rings is 1. The summed E-state index contributed by atoms with van der Waals surface area (Å²) in [6.45, 7) is 1.32. The summed E-state index contributed by atoms with van der Waals surface area (Å²) in [6.07, 6.45) is 0.355. The quantitative estimate of drug-likeness (QED) is 0.862. The number of Topliss-reactive ketones (excluding diaryl/α,β-unsaturated/α-hetero) is 1. The van der Waals surface area contributed by atoms with Gasteiger partial charge in [0, 0.05) is 23.4 Å². The average molecular weight is 330 g/mol. The highest BCUT2D eigenvalue weighted by Gasteiger charge is 2.20. The van der Waals surface area contributed by atoms with Crippen molar-refractivity contribution in [2.45, 2.75) is 13.3 Å². The minimum atomic E-state index is -1.21. The van der Waals surface area contributed by atoms with E-state index in [1.807, 2.05) is 0 Å². The van der Waals surface area contributed by atoms with Crippen molar-refractivity contribution in [2.75, 3.05) is 0 Å². The second-order valence-electron chi connectivity index (χ2n) is 4.06. The maximum atomic E-state index is 11.4. The molecule has 0 aliphatic rings. The minimum Gasteiger partial charge on any atom is -0.476 e. The van der Waals surface area contributed by atoms with Crippen LogP contribution in [0, 0.1) is 0 Å². The monoisotopic (exact) mass is 329 g/mol. The SMILES string of the molecule is CC(=O)c1sc(Cc2ccc(Cl)cc2Cl)nc1C(=O)O. The summed E-state index contributed by atoms with van der Waals surface area (Å²) in [4.78, 5) is 26.6. The molecule has 2 rings (SSSR count). The number of carboxylic acids is 1. The Morgan fingerprint density at radius 3 is 2.55 bits per heavy atom. The van der Waals surface area contributed by atoms with Crippen molar-refractivity contribution in [3.63, 3.8) is 0 Å². The maximum absolute atomic E-state index is 11.4. The van der Waals surface area contributed by atoms with E-state index in [2.05, 4.69) is 4.98 Å². The molecule has 0 amide bonds. The van der Waals surface area contributed by atoms with Crippen LogP contribution in [0.15, 0.2) is 18.2 Å². The van der Waals surface area contributed by atoms with Gasteiger partial charge in [-0.3, -0.25) is 4.79 Å². The smallest absolute Gasteiger partial charge is 0.356 e. The van der Waals surface area contributed by atoms with Crippen molar-refractivity contribution in [1.82, 2.24) is 4.98 Å². The molecule has 2 aromatic rings. The van der Waals surface area contributed by atoms with Crippen LogP contribution in [0.4, 0.5) is 0 Å². The van der Waals surface area contributed by atoms with Crippen molar-refractivity contribution in [3.05, 3.63) is 49.4 Å². The van der Waals surface area contributed by atoms with Crippen LogP contribution in [0.1, 0.15) is 37.7 Å². The van der Waals surface area contributed by atoms with E-state index in [-0.39, 0.29) is 16.4 Å². The molecule has 1 N–H and O–H groups in total. The summed E-state index contributed by atoms with van der Waals surface area (Å²) in [7, 11) is 0. The van der Waals surface area contributed by atoms with Crippen molar-refractivity contribution >= 4 is 46.3 Å². The van der Waals surface area contributed by atoms with E-state index < -0.39 is 5.97 Å². The van der Waals surface area contributed by atoms with Gasteiger partial charge in [0.2, 0.25) is 0 Å². The Kier molecular flexibility index (Phi) is 4.42. The molecule has 0 unspecified atom stereocenters. The number of hydrogen-bond donors (Lipinski definition) is 1. The van der Waals surface area contributed by atoms with Gasteiger partial charge in [0.15, 0.2) is 11.5 Å². The molecule has 0 aliphatic heterocycles. The van der Waals surface area contributed by atoms with Crippen LogP contribution in [0.2, 0.25) is 10.0 Å². The van der Waals surface area contributed by atoms with Gasteiger partial charge in [0.25, 0.3) is 0 Å². The number of carbonyl (C=O) groups is 2. The van der Waals surface area contributed by atoms with Crippen LogP contribution >= 0.6 is 34.5 Å². The molecule has 1 aromatic carbocycles. The van der Waals surface area contributed by atoms with Gasteiger partial charge >= 0.3 is 5.97 Å². The van der Waals surface area contributed by atoms with Crippen molar-refractivity contribution in [3.8, 4) is 0 Å². The predicted octanol–water partition coefficient (Wildman–Crippen LogP) is 3.94. The first kappa shape index (κ1) is 15.0. The molecule has 4 nitrogen and oxygen atoms in total. The van der Waals surface area contributed by atoms with Crippen molar-refractivity contribution in [1.29, 1.82) is 0 Å². The van der Waals surface area contributed by atoms with E-state index in [1.165, 1.54) is 6.92 Å². The zero-order valence-corrected chi connectivity index (χ0v) is 12.6. The lowest BCUT2D eigenvalue weighted by Gasteiger charge is -2.01. The van der Waals surface area contributed by atoms with E-state index in [4.69, 9.17) is 28.3 Å². The molecule has 0 fully saturated rings. The van der Waals surface area contributed by atoms with Gasteiger partial charge in [-0.25, -0.2) is 9.78 Å². The Hall–Kier alpha value is -1.43. The van der Waals surface area contributed by atoms with E-state index in [1.54, 1.807) is 18.2 Å². The lowest BCUT2D eigenvalue weighted by molar-refractivity contribution is 0.0687. The molecule has 104 valence electrons. The number of nitrogens with zero attached hydrogens (tertiary/aromatic N) is 1. The van der Waals surface area contributed by atoms with E-state index in [0.29, 0.717) is 21.5 Å². The molecular weight excluding hydrogens is 321 g/mol. The minimum absolute atomic E-state index is 0.151. The lowest BCUT2D eigenvalue weighted by atomic mass is 10.1. The fraction of sp³-hybridized carbons (Fsp3) is 0.154. The van der Waals surface area contributed by atoms with Gasteiger partial charge in [0.05, 0.1) is 5.01 Å². The van der Waals surface area contributed by atoms with Crippen molar-refractivity contribution in [2.24, 2.45) is 0 Å². The van der Waals surface area contributed by atoms with Crippen LogP contribution in [-0.2, 0) is 6.42 Å². The molecule has 7 heteroatoms. The second kappa shape index (κ2) is 5.91. The Morgan fingerprint density at radius 1 is 1.35 bits per heavy atom. The van der Waals surface area contributed by atoms with Crippen LogP contribution in [0.3, 0.4) is 0 Å². The molecule has 0 saturated carbocycles. The molecule has 1 heterocycles. The number of ketones is 1. The number of hydrogen-bond acceptors (Lipinski definition) is 4. The third kappa shape index (κ3) is 3.17. The summed E-state index contributed by atoms with van der Waals surface area (Å²) >= 11 is 12.9. The van der Waals surface area contributed by atoms with Gasteiger partial charge in [-0.1, -0.05) is 29.3 Å². The Bertz CT molecular complexity index is 665. The molecule has 20 heavy (non-hydrogen) atoms. The number of rotatable bonds is 4.